The number of aliphatic hydroxyl groups is 2. The van der Waals surface area contributed by atoms with Gasteiger partial charge in [0.1, 0.15) is 76.8 Å². The average molecular weight is 1970 g/mol. The second-order valence-corrected chi connectivity index (χ2v) is 45.6. The molecule has 34 nitrogen and oxygen atoms in total. The molecule has 0 saturated carbocycles. The van der Waals surface area contributed by atoms with Gasteiger partial charge in [0, 0.05) is 24.2 Å². The van der Waals surface area contributed by atoms with Crippen LogP contribution < -0.4 is 81.2 Å². The minimum atomic E-state index is -1.72. The first kappa shape index (κ1) is 120. The number of nitrogens with one attached hydrogen (secondary N) is 7. The second-order valence-electron chi connectivity index (χ2n) is 33.8. The minimum absolute atomic E-state index is 0. The third-order valence-electron chi connectivity index (χ3n) is 20.9. The van der Waals surface area contributed by atoms with Gasteiger partial charge in [-0.2, -0.15) is 0 Å². The summed E-state index contributed by atoms with van der Waals surface area (Å²) in [6.45, 7) is 24.7. The van der Waals surface area contributed by atoms with Gasteiger partial charge >= 0.3 is 42.7 Å². The molecule has 138 heavy (non-hydrogen) atoms. The van der Waals surface area contributed by atoms with Gasteiger partial charge in [-0.3, -0.25) is 44.4 Å². The number of anilines is 2. The van der Waals surface area contributed by atoms with Crippen molar-refractivity contribution < 1.29 is 126 Å². The summed E-state index contributed by atoms with van der Waals surface area (Å²) in [6, 6.07) is 54.9. The maximum atomic E-state index is 12.4. The van der Waals surface area contributed by atoms with E-state index in [0.29, 0.717) is 78.2 Å². The van der Waals surface area contributed by atoms with E-state index in [0.717, 1.165) is 118 Å². The molecule has 0 radical (unpaired) electrons. The quantitative estimate of drug-likeness (QED) is 0.00731. The van der Waals surface area contributed by atoms with E-state index in [1.165, 1.54) is 50.1 Å². The number of hydrogen-bond donors (Lipinski definition) is 12. The van der Waals surface area contributed by atoms with Gasteiger partial charge in [0.25, 0.3) is 0 Å². The Bertz CT molecular complexity index is 5200. The summed E-state index contributed by atoms with van der Waals surface area (Å²) in [7, 11) is 0.674. The van der Waals surface area contributed by atoms with E-state index in [1.54, 1.807) is 54.6 Å². The van der Waals surface area contributed by atoms with Crippen molar-refractivity contribution in [1.29, 1.82) is 0 Å². The molecule has 39 heteroatoms. The molecule has 0 fully saturated rings. The molecular formula is C99H135LiN12O22S2Si2. The van der Waals surface area contributed by atoms with Gasteiger partial charge in [-0.05, 0) is 199 Å². The minimum Gasteiger partial charge on any atom is -0.870 e. The number of carbonyl (C=O) groups is 7. The van der Waals surface area contributed by atoms with Crippen molar-refractivity contribution in [3.8, 4) is 28.7 Å². The zero-order valence-corrected chi connectivity index (χ0v) is 85.0. The van der Waals surface area contributed by atoms with Crippen LogP contribution in [-0.4, -0.2) is 184 Å². The van der Waals surface area contributed by atoms with E-state index >= 15 is 0 Å². The number of methoxy groups -OCH3 is 3. The molecule has 11 rings (SSSR count). The predicted molar refractivity (Wildman–Crippen MR) is 534 cm³/mol. The number of aryl methyl sites for hydroxylation is 2. The van der Waals surface area contributed by atoms with Gasteiger partial charge in [0.05, 0.1) is 92.7 Å². The molecule has 3 amide bonds. The van der Waals surface area contributed by atoms with E-state index in [1.807, 2.05) is 146 Å². The number of allylic oxidation sites excluding steroid dienone is 6. The zero-order valence-electron chi connectivity index (χ0n) is 81.3. The summed E-state index contributed by atoms with van der Waals surface area (Å²) >= 11 is 2.82. The topological polar surface area (TPSA) is 507 Å². The van der Waals surface area contributed by atoms with Gasteiger partial charge in [-0.25, -0.2) is 0 Å². The van der Waals surface area contributed by atoms with E-state index in [-0.39, 0.29) is 140 Å². The molecule has 0 saturated heterocycles. The van der Waals surface area contributed by atoms with Crippen LogP contribution in [0.5, 0.6) is 28.7 Å². The number of aliphatic hydroxyl groups excluding tert-OH is 2. The number of aliphatic carboxylic acids is 1. The Morgan fingerprint density at radius 2 is 0.732 bits per heavy atom. The molecule has 0 unspecified atom stereocenters. The molecular weight excluding hydrogens is 1840 g/mol. The summed E-state index contributed by atoms with van der Waals surface area (Å²) in [5.74, 6) is 2.14. The van der Waals surface area contributed by atoms with Crippen LogP contribution in [0.4, 0.5) is 10.3 Å². The number of nitrogen functional groups attached to an aromatic ring is 1. The van der Waals surface area contributed by atoms with Crippen molar-refractivity contribution in [1.82, 2.24) is 52.7 Å². The van der Waals surface area contributed by atoms with Crippen LogP contribution >= 0.6 is 22.7 Å². The van der Waals surface area contributed by atoms with Gasteiger partial charge in [0.2, 0.25) is 28.0 Å². The van der Waals surface area contributed by atoms with Gasteiger partial charge < -0.3 is 106 Å². The first-order chi connectivity index (χ1) is 64.5. The number of carboxylic acid groups (broad SMARTS) is 1. The Morgan fingerprint density at radius 1 is 0.399 bits per heavy atom. The predicted octanol–water partition coefficient (Wildman–Crippen LogP) is 10.4. The number of nitrogens with two attached hydrogens (primary N) is 1. The number of carboxylic acids is 1. The van der Waals surface area contributed by atoms with E-state index in [9.17, 15) is 33.6 Å². The summed E-state index contributed by atoms with van der Waals surface area (Å²) in [6.07, 6.45) is 16.6. The molecule has 9 aromatic rings. The van der Waals surface area contributed by atoms with Crippen LogP contribution in [0.15, 0.2) is 229 Å². The number of aromatic hydroxyl groups is 1. The number of esters is 3. The Hall–Kier alpha value is -12.3. The summed E-state index contributed by atoms with van der Waals surface area (Å²) in [5, 5.41) is 62.9. The number of unbranched alkanes of at least 4 members (excludes halogenated alkanes) is 2. The van der Waals surface area contributed by atoms with Gasteiger partial charge in [-0.1, -0.05) is 186 Å². The zero-order chi connectivity index (χ0) is 98.4. The van der Waals surface area contributed by atoms with Gasteiger partial charge in [-0.15, -0.1) is 20.4 Å². The normalized spacial score (nSPS) is 11.7. The fourth-order valence-corrected chi connectivity index (χ4v) is 15.2. The van der Waals surface area contributed by atoms with Crippen LogP contribution in [-0.2, 0) is 114 Å². The number of amides is 3. The molecule has 7 aromatic carbocycles. The van der Waals surface area contributed by atoms with Crippen LogP contribution in [0, 0.1) is 0 Å². The van der Waals surface area contributed by atoms with E-state index < -0.39 is 22.6 Å². The second kappa shape index (κ2) is 64.7. The number of nitrogens with zero attached hydrogens (tertiary/aromatic N) is 4. The number of phenols is 1. The first-order valence-electron chi connectivity index (χ1n) is 44.3. The molecule has 2 aliphatic heterocycles. The van der Waals surface area contributed by atoms with E-state index in [4.69, 9.17) is 54.0 Å². The Labute approximate surface area is 830 Å². The molecule has 16 N–H and O–H groups in total. The number of rotatable bonds is 43. The SMILES string of the molecule is COC(=O)Cc1cccc(O)c1.COC(=O)Cc1cccc(OCCO[Si](C)(C)C(C)(C)C)c1.COC(=O)Cc1cccc(OCCO[Si](C)(C)C(C)(C)C)c1.Nc1nnc(CCCCC2=CC=C(NC(=O)Cc3ccccc3)NN2)s1.O.O=C(Cc1ccccc1)NC1=CC=C(CCCCc2nnc(NC(=O)Cc3cccc(OCCO)c3)s2)NN1.O=C(O)Cc1cccc(OCCO)c1.[Li+].[OH-]. The molecule has 2 aromatic heterocycles. The maximum Gasteiger partial charge on any atom is 1.00 e. The molecule has 4 heterocycles. The first-order valence-corrected chi connectivity index (χ1v) is 51.8. The number of phenolic OH excluding ortho intramolecular Hbond substituents is 1. The van der Waals surface area contributed by atoms with Crippen LogP contribution in [0.1, 0.15) is 129 Å². The number of benzene rings is 7. The molecule has 744 valence electrons. The number of ether oxygens (including phenoxy) is 7. The number of hydrogen-bond acceptors (Lipinski definition) is 31. The summed E-state index contributed by atoms with van der Waals surface area (Å²) < 4.78 is 47.9. The summed E-state index contributed by atoms with van der Waals surface area (Å²) in [4.78, 5) is 80.4. The average Bonchev–Trinajstić information content (AvgIpc) is 0.906. The van der Waals surface area contributed by atoms with E-state index in [2.05, 4.69) is 140 Å². The Morgan fingerprint density at radius 3 is 1.08 bits per heavy atom. The van der Waals surface area contributed by atoms with Crippen molar-refractivity contribution in [2.24, 2.45) is 0 Å². The Balaban J connectivity index is 0.000000442. The third kappa shape index (κ3) is 49.6. The van der Waals surface area contributed by atoms with Crippen molar-refractivity contribution in [2.75, 3.05) is 85.2 Å². The number of aromatic nitrogens is 4. The molecule has 0 aliphatic carbocycles. The fraction of sp³-hybridized carbons (Fsp3) is 0.384. The third-order valence-corrected chi connectivity index (χ3v) is 31.7. The monoisotopic (exact) mass is 1970 g/mol. The molecule has 0 bridgehead atoms. The fourth-order valence-electron chi connectivity index (χ4n) is 11.7. The number of hydrazine groups is 2. The van der Waals surface area contributed by atoms with Crippen molar-refractivity contribution >= 4 is 91.2 Å². The maximum absolute atomic E-state index is 12.4. The Kier molecular flexibility index (Phi) is 56.2. The molecule has 0 spiro atoms. The van der Waals surface area contributed by atoms with Crippen LogP contribution in [0.2, 0.25) is 36.3 Å². The van der Waals surface area contributed by atoms with Crippen LogP contribution in [0.25, 0.3) is 0 Å². The van der Waals surface area contributed by atoms with Gasteiger partial charge in [0.15, 0.2) is 16.6 Å². The smallest absolute Gasteiger partial charge is 0.870 e. The van der Waals surface area contributed by atoms with Crippen molar-refractivity contribution in [3.05, 3.63) is 278 Å². The standard InChI is InChI=1S/C28H32N6O4S.C18H22N6OS.2C17H28O4Si.C10H12O4.C9H10O3.Li.2H2O/c35-15-16-38-23-11-6-9-21(17-23)19-26(37)30-28-34-33-27(39-28)12-5-4-10-22-13-14-24(32-31-22)29-25(36)18-20-7-2-1-3-8-20;19-18-24-23-17(26-18)9-5-4-8-14-10-11-15(22-21-14)20-16(25)12-13-6-2-1-3-7-13;2*1-17(2,3)22(5,6)21-11-10-20-15-9-7-8-14(12-15)13-16(18)19-4;11-4-5-14-9-3-1-2-8(6-9)7-10(12)13;1-12-9(11)6-7-3-2-4-8(10)5-7;;;/h1-3,6-9,11,13-14,17,31-32,35H,4-5,10,12,15-16,18-19H2,(H,29,36)(H,30,34,37);1-3,6-7,10-11,21-22H,4-5,8-9,12H2,(H2,19,24)(H,20,25);2*7-9,12H,10-11,13H2,1-6H3;1-3,6,11H,4-5,7H2,(H,12,13);2-5,10H,6H2,1H3;;2*1H2/q;;;;;;+1;;/p-1. The largest absolute Gasteiger partial charge is 1.00 e. The van der Waals surface area contributed by atoms with Crippen molar-refractivity contribution in [2.45, 2.75) is 174 Å². The summed E-state index contributed by atoms with van der Waals surface area (Å²) in [5.41, 5.74) is 26.0. The number of carbonyl (C=O) groups excluding carboxylic acids is 6. The molecule has 0 atom stereocenters. The molecule has 2 aliphatic rings. The van der Waals surface area contributed by atoms with Crippen molar-refractivity contribution in [3.63, 3.8) is 0 Å². The van der Waals surface area contributed by atoms with Crippen LogP contribution in [0.3, 0.4) is 0 Å².